The Bertz CT molecular complexity index is 549. The van der Waals surface area contributed by atoms with Crippen molar-refractivity contribution in [2.75, 3.05) is 6.61 Å². The van der Waals surface area contributed by atoms with E-state index in [1.54, 1.807) is 29.4 Å². The number of unbranched alkanes of at least 4 members (excludes halogenated alkanes) is 1. The van der Waals surface area contributed by atoms with Gasteiger partial charge in [-0.25, -0.2) is 9.37 Å². The number of rotatable bonds is 6. The molecule has 1 heterocycles. The van der Waals surface area contributed by atoms with Crippen molar-refractivity contribution in [3.8, 4) is 5.75 Å². The molecule has 0 fully saturated rings. The van der Waals surface area contributed by atoms with Crippen LogP contribution in [0.5, 0.6) is 5.75 Å². The average molecular weight is 260 g/mol. The molecule has 0 aliphatic heterocycles. The molecule has 0 saturated carbocycles. The molecule has 0 atom stereocenters. The fourth-order valence-electron chi connectivity index (χ4n) is 1.74. The van der Waals surface area contributed by atoms with Crippen LogP contribution in [0.2, 0.25) is 0 Å². The molecular formula is C15H17FN2O. The summed E-state index contributed by atoms with van der Waals surface area (Å²) in [7, 11) is 0. The van der Waals surface area contributed by atoms with Gasteiger partial charge in [0.05, 0.1) is 18.6 Å². The summed E-state index contributed by atoms with van der Waals surface area (Å²) in [5.74, 6) is 0.340. The third-order valence-corrected chi connectivity index (χ3v) is 2.82. The van der Waals surface area contributed by atoms with Crippen molar-refractivity contribution in [2.24, 2.45) is 0 Å². The van der Waals surface area contributed by atoms with Crippen LogP contribution in [0.1, 0.15) is 25.3 Å². The standard InChI is InChI=1S/C15H17FN2O/c1-3-4-9-19-15-6-5-13(16)10-14(15)12(2)18-8-7-17-11-18/h5-8,10-11H,2-4,9H2,1H3. The molecule has 0 unspecified atom stereocenters. The van der Waals surface area contributed by atoms with Gasteiger partial charge in [0.2, 0.25) is 0 Å². The summed E-state index contributed by atoms with van der Waals surface area (Å²) in [5.41, 5.74) is 1.29. The first-order valence-corrected chi connectivity index (χ1v) is 6.32. The molecule has 1 aromatic heterocycles. The summed E-state index contributed by atoms with van der Waals surface area (Å²) in [5, 5.41) is 0. The van der Waals surface area contributed by atoms with E-state index in [1.165, 1.54) is 12.1 Å². The van der Waals surface area contributed by atoms with Gasteiger partial charge in [-0.3, -0.25) is 0 Å². The number of benzene rings is 1. The zero-order valence-corrected chi connectivity index (χ0v) is 11.0. The molecule has 0 aliphatic carbocycles. The van der Waals surface area contributed by atoms with Crippen LogP contribution in [-0.4, -0.2) is 16.2 Å². The highest BCUT2D eigenvalue weighted by molar-refractivity contribution is 5.68. The third kappa shape index (κ3) is 3.22. The molecule has 19 heavy (non-hydrogen) atoms. The Balaban J connectivity index is 2.26. The van der Waals surface area contributed by atoms with Gasteiger partial charge in [-0.05, 0) is 24.6 Å². The fraction of sp³-hybridized carbons (Fsp3) is 0.267. The highest BCUT2D eigenvalue weighted by Crippen LogP contribution is 2.27. The third-order valence-electron chi connectivity index (χ3n) is 2.82. The number of halogens is 1. The number of nitrogens with zero attached hydrogens (tertiary/aromatic N) is 2. The SMILES string of the molecule is C=C(c1cc(F)ccc1OCCCC)n1ccnc1. The predicted molar refractivity (Wildman–Crippen MR) is 73.5 cm³/mol. The van der Waals surface area contributed by atoms with E-state index in [1.807, 2.05) is 0 Å². The molecule has 2 rings (SSSR count). The minimum Gasteiger partial charge on any atom is -0.493 e. The number of hydrogen-bond donors (Lipinski definition) is 0. The lowest BCUT2D eigenvalue weighted by Gasteiger charge is -2.13. The van der Waals surface area contributed by atoms with E-state index in [0.29, 0.717) is 23.6 Å². The van der Waals surface area contributed by atoms with Gasteiger partial charge in [-0.15, -0.1) is 0 Å². The topological polar surface area (TPSA) is 27.1 Å². The van der Waals surface area contributed by atoms with E-state index >= 15 is 0 Å². The second-order valence-corrected chi connectivity index (χ2v) is 4.26. The minimum atomic E-state index is -0.306. The quantitative estimate of drug-likeness (QED) is 0.740. The van der Waals surface area contributed by atoms with Crippen LogP contribution in [0.3, 0.4) is 0 Å². The molecule has 0 aliphatic rings. The summed E-state index contributed by atoms with van der Waals surface area (Å²) < 4.78 is 20.8. The van der Waals surface area contributed by atoms with Crippen LogP contribution in [0.4, 0.5) is 4.39 Å². The Hall–Kier alpha value is -2.10. The van der Waals surface area contributed by atoms with Gasteiger partial charge < -0.3 is 9.30 Å². The van der Waals surface area contributed by atoms with Crippen molar-refractivity contribution in [3.05, 3.63) is 54.9 Å². The Morgan fingerprint density at radius 1 is 1.47 bits per heavy atom. The van der Waals surface area contributed by atoms with Crippen LogP contribution in [-0.2, 0) is 0 Å². The van der Waals surface area contributed by atoms with Crippen molar-refractivity contribution >= 4 is 5.70 Å². The molecule has 1 aromatic carbocycles. The maximum absolute atomic E-state index is 13.4. The highest BCUT2D eigenvalue weighted by atomic mass is 19.1. The molecule has 0 N–H and O–H groups in total. The molecule has 3 nitrogen and oxygen atoms in total. The van der Waals surface area contributed by atoms with E-state index in [9.17, 15) is 4.39 Å². The van der Waals surface area contributed by atoms with Crippen molar-refractivity contribution in [1.29, 1.82) is 0 Å². The molecule has 100 valence electrons. The van der Waals surface area contributed by atoms with Gasteiger partial charge in [0.15, 0.2) is 0 Å². The monoisotopic (exact) mass is 260 g/mol. The van der Waals surface area contributed by atoms with Crippen molar-refractivity contribution in [3.63, 3.8) is 0 Å². The van der Waals surface area contributed by atoms with Crippen LogP contribution in [0, 0.1) is 5.82 Å². The van der Waals surface area contributed by atoms with Gasteiger partial charge in [0.1, 0.15) is 11.6 Å². The smallest absolute Gasteiger partial charge is 0.128 e. The summed E-state index contributed by atoms with van der Waals surface area (Å²) in [4.78, 5) is 3.96. The Kier molecular flexibility index (Phi) is 4.34. The lowest BCUT2D eigenvalue weighted by molar-refractivity contribution is 0.308. The van der Waals surface area contributed by atoms with Crippen molar-refractivity contribution in [1.82, 2.24) is 9.55 Å². The van der Waals surface area contributed by atoms with E-state index in [4.69, 9.17) is 4.74 Å². The van der Waals surface area contributed by atoms with Crippen LogP contribution < -0.4 is 4.74 Å². The summed E-state index contributed by atoms with van der Waals surface area (Å²) in [6.45, 7) is 6.69. The van der Waals surface area contributed by atoms with E-state index in [-0.39, 0.29) is 5.82 Å². The Morgan fingerprint density at radius 2 is 2.32 bits per heavy atom. The first-order chi connectivity index (χ1) is 9.22. The molecule has 4 heteroatoms. The van der Waals surface area contributed by atoms with Crippen LogP contribution in [0.25, 0.3) is 5.70 Å². The normalized spacial score (nSPS) is 10.4. The number of aromatic nitrogens is 2. The Labute approximate surface area is 112 Å². The lowest BCUT2D eigenvalue weighted by Crippen LogP contribution is -2.02. The zero-order valence-electron chi connectivity index (χ0n) is 11.0. The largest absolute Gasteiger partial charge is 0.493 e. The van der Waals surface area contributed by atoms with Gasteiger partial charge in [-0.1, -0.05) is 19.9 Å². The maximum atomic E-state index is 13.4. The number of imidazole rings is 1. The molecule has 0 saturated heterocycles. The molecule has 2 aromatic rings. The maximum Gasteiger partial charge on any atom is 0.128 e. The summed E-state index contributed by atoms with van der Waals surface area (Å²) in [6, 6.07) is 4.47. The van der Waals surface area contributed by atoms with E-state index in [0.717, 1.165) is 12.8 Å². The van der Waals surface area contributed by atoms with Gasteiger partial charge in [0.25, 0.3) is 0 Å². The lowest BCUT2D eigenvalue weighted by atomic mass is 10.1. The van der Waals surface area contributed by atoms with Crippen molar-refractivity contribution < 1.29 is 9.13 Å². The second-order valence-electron chi connectivity index (χ2n) is 4.26. The van der Waals surface area contributed by atoms with Crippen molar-refractivity contribution in [2.45, 2.75) is 19.8 Å². The minimum absolute atomic E-state index is 0.306. The zero-order chi connectivity index (χ0) is 13.7. The first-order valence-electron chi connectivity index (χ1n) is 6.32. The highest BCUT2D eigenvalue weighted by Gasteiger charge is 2.10. The van der Waals surface area contributed by atoms with E-state index < -0.39 is 0 Å². The summed E-state index contributed by atoms with van der Waals surface area (Å²) >= 11 is 0. The van der Waals surface area contributed by atoms with E-state index in [2.05, 4.69) is 18.5 Å². The van der Waals surface area contributed by atoms with Gasteiger partial charge >= 0.3 is 0 Å². The van der Waals surface area contributed by atoms with Gasteiger partial charge in [0, 0.05) is 18.0 Å². The molecule has 0 spiro atoms. The number of hydrogen-bond acceptors (Lipinski definition) is 2. The van der Waals surface area contributed by atoms with Gasteiger partial charge in [-0.2, -0.15) is 0 Å². The number of ether oxygens (including phenoxy) is 1. The average Bonchev–Trinajstić information content (AvgIpc) is 2.94. The summed E-state index contributed by atoms with van der Waals surface area (Å²) in [6.07, 6.45) is 7.07. The first kappa shape index (κ1) is 13.3. The second kappa shape index (κ2) is 6.18. The van der Waals surface area contributed by atoms with Crippen LogP contribution in [0.15, 0.2) is 43.5 Å². The van der Waals surface area contributed by atoms with Crippen LogP contribution >= 0.6 is 0 Å². The molecular weight excluding hydrogens is 243 g/mol. The fourth-order valence-corrected chi connectivity index (χ4v) is 1.74. The molecule has 0 bridgehead atoms. The Morgan fingerprint density at radius 3 is 3.00 bits per heavy atom. The molecule has 0 radical (unpaired) electrons. The predicted octanol–water partition coefficient (Wildman–Crippen LogP) is 3.72. The molecule has 0 amide bonds.